The van der Waals surface area contributed by atoms with Crippen LogP contribution in [0.3, 0.4) is 0 Å². The molecule has 2 rings (SSSR count). The molecule has 0 spiro atoms. The topological polar surface area (TPSA) is 106 Å². The van der Waals surface area contributed by atoms with Crippen LogP contribution in [0.1, 0.15) is 46.8 Å². The van der Waals surface area contributed by atoms with Gasteiger partial charge >= 0.3 is 5.97 Å². The van der Waals surface area contributed by atoms with Gasteiger partial charge in [-0.25, -0.2) is 9.48 Å². The lowest BCUT2D eigenvalue weighted by molar-refractivity contribution is 0.0689. The van der Waals surface area contributed by atoms with Crippen molar-refractivity contribution in [3.05, 3.63) is 35.2 Å². The molecule has 2 aromatic rings. The maximum atomic E-state index is 12.0. The van der Waals surface area contributed by atoms with Crippen molar-refractivity contribution in [2.24, 2.45) is 0 Å². The van der Waals surface area contributed by atoms with Crippen LogP contribution in [0.5, 0.6) is 5.75 Å². The molecule has 0 aliphatic carbocycles. The Kier molecular flexibility index (Phi) is 5.51. The summed E-state index contributed by atoms with van der Waals surface area (Å²) in [6.45, 7) is 6.41. The molecule has 0 atom stereocenters. The van der Waals surface area contributed by atoms with Gasteiger partial charge in [0.1, 0.15) is 11.4 Å². The van der Waals surface area contributed by atoms with Gasteiger partial charge in [-0.15, -0.1) is 5.10 Å². The third-order valence-corrected chi connectivity index (χ3v) is 3.35. The first-order valence-corrected chi connectivity index (χ1v) is 7.70. The minimum absolute atomic E-state index is 0.121. The standard InChI is InChI=1S/C16H20N4O4/c1-4-8-24-13-9-11(15(21)17-5-2)6-7-12(13)20-10(3)14(16(22)23)18-19-20/h6-7,9H,4-5,8H2,1-3H3,(H,17,21)(H,22,23). The highest BCUT2D eigenvalue weighted by molar-refractivity contribution is 5.95. The van der Waals surface area contributed by atoms with Gasteiger partial charge in [-0.2, -0.15) is 0 Å². The minimum Gasteiger partial charge on any atom is -0.491 e. The van der Waals surface area contributed by atoms with Crippen molar-refractivity contribution < 1.29 is 19.4 Å². The molecule has 128 valence electrons. The maximum absolute atomic E-state index is 12.0. The van der Waals surface area contributed by atoms with Gasteiger partial charge in [-0.3, -0.25) is 4.79 Å². The number of amides is 1. The first kappa shape index (κ1) is 17.5. The van der Waals surface area contributed by atoms with Crippen molar-refractivity contribution in [1.29, 1.82) is 0 Å². The van der Waals surface area contributed by atoms with E-state index in [0.717, 1.165) is 6.42 Å². The van der Waals surface area contributed by atoms with E-state index in [-0.39, 0.29) is 11.6 Å². The zero-order valence-electron chi connectivity index (χ0n) is 13.9. The molecule has 0 fully saturated rings. The fourth-order valence-electron chi connectivity index (χ4n) is 2.18. The molecule has 0 unspecified atom stereocenters. The summed E-state index contributed by atoms with van der Waals surface area (Å²) in [6.07, 6.45) is 0.793. The van der Waals surface area contributed by atoms with E-state index in [2.05, 4.69) is 15.6 Å². The van der Waals surface area contributed by atoms with E-state index in [1.54, 1.807) is 25.1 Å². The molecule has 0 aliphatic heterocycles. The van der Waals surface area contributed by atoms with E-state index >= 15 is 0 Å². The number of nitrogens with zero attached hydrogens (tertiary/aromatic N) is 3. The molecule has 0 saturated heterocycles. The van der Waals surface area contributed by atoms with Crippen molar-refractivity contribution in [1.82, 2.24) is 20.3 Å². The van der Waals surface area contributed by atoms with Gasteiger partial charge in [-0.05, 0) is 38.5 Å². The number of carbonyl (C=O) groups excluding carboxylic acids is 1. The van der Waals surface area contributed by atoms with Crippen LogP contribution >= 0.6 is 0 Å². The summed E-state index contributed by atoms with van der Waals surface area (Å²) in [7, 11) is 0. The monoisotopic (exact) mass is 332 g/mol. The summed E-state index contributed by atoms with van der Waals surface area (Å²) >= 11 is 0. The molecule has 1 heterocycles. The zero-order valence-corrected chi connectivity index (χ0v) is 13.9. The number of hydrogen-bond acceptors (Lipinski definition) is 5. The van der Waals surface area contributed by atoms with E-state index in [9.17, 15) is 9.59 Å². The second-order valence-corrected chi connectivity index (χ2v) is 5.13. The quantitative estimate of drug-likeness (QED) is 0.801. The number of carboxylic acid groups (broad SMARTS) is 1. The molecule has 0 aliphatic rings. The van der Waals surface area contributed by atoms with E-state index in [1.165, 1.54) is 4.68 Å². The largest absolute Gasteiger partial charge is 0.491 e. The van der Waals surface area contributed by atoms with Gasteiger partial charge in [0.25, 0.3) is 5.91 Å². The smallest absolute Gasteiger partial charge is 0.358 e. The Hall–Kier alpha value is -2.90. The van der Waals surface area contributed by atoms with Crippen molar-refractivity contribution >= 4 is 11.9 Å². The Bertz CT molecular complexity index is 755. The zero-order chi connectivity index (χ0) is 17.7. The lowest BCUT2D eigenvalue weighted by Gasteiger charge is -2.13. The van der Waals surface area contributed by atoms with Crippen molar-refractivity contribution in [3.8, 4) is 11.4 Å². The molecule has 0 radical (unpaired) electrons. The second kappa shape index (κ2) is 7.58. The number of carboxylic acids is 1. The molecule has 8 heteroatoms. The number of carbonyl (C=O) groups is 2. The SMILES string of the molecule is CCCOc1cc(C(=O)NCC)ccc1-n1nnc(C(=O)O)c1C. The normalized spacial score (nSPS) is 10.5. The van der Waals surface area contributed by atoms with Crippen LogP contribution in [0.25, 0.3) is 5.69 Å². The Morgan fingerprint density at radius 1 is 1.33 bits per heavy atom. The summed E-state index contributed by atoms with van der Waals surface area (Å²) in [5, 5.41) is 19.4. The van der Waals surface area contributed by atoms with Crippen LogP contribution in [0, 0.1) is 6.92 Å². The van der Waals surface area contributed by atoms with Crippen molar-refractivity contribution in [2.45, 2.75) is 27.2 Å². The third-order valence-electron chi connectivity index (χ3n) is 3.35. The van der Waals surface area contributed by atoms with Crippen LogP contribution < -0.4 is 10.1 Å². The Morgan fingerprint density at radius 3 is 2.67 bits per heavy atom. The van der Waals surface area contributed by atoms with Crippen molar-refractivity contribution in [3.63, 3.8) is 0 Å². The molecule has 1 aromatic carbocycles. The van der Waals surface area contributed by atoms with Gasteiger partial charge < -0.3 is 15.2 Å². The maximum Gasteiger partial charge on any atom is 0.358 e. The molecule has 0 saturated carbocycles. The third kappa shape index (κ3) is 3.53. The predicted octanol–water partition coefficient (Wildman–Crippen LogP) is 1.81. The fourth-order valence-corrected chi connectivity index (χ4v) is 2.18. The highest BCUT2D eigenvalue weighted by atomic mass is 16.5. The average Bonchev–Trinajstić information content (AvgIpc) is 2.94. The molecule has 24 heavy (non-hydrogen) atoms. The summed E-state index contributed by atoms with van der Waals surface area (Å²) in [5.41, 5.74) is 1.26. The number of hydrogen-bond donors (Lipinski definition) is 2. The Morgan fingerprint density at radius 2 is 2.08 bits per heavy atom. The van der Waals surface area contributed by atoms with E-state index in [1.807, 2.05) is 13.8 Å². The number of ether oxygens (including phenoxy) is 1. The minimum atomic E-state index is -1.14. The van der Waals surface area contributed by atoms with Crippen LogP contribution in [0.2, 0.25) is 0 Å². The van der Waals surface area contributed by atoms with Gasteiger partial charge in [0.05, 0.1) is 12.3 Å². The van der Waals surface area contributed by atoms with Gasteiger partial charge in [0, 0.05) is 12.1 Å². The lowest BCUT2D eigenvalue weighted by Crippen LogP contribution is -2.22. The summed E-state index contributed by atoms with van der Waals surface area (Å²) < 4.78 is 7.12. The average molecular weight is 332 g/mol. The number of aromatic carboxylic acids is 1. The predicted molar refractivity (Wildman–Crippen MR) is 86.8 cm³/mol. The molecule has 1 aromatic heterocycles. The summed E-state index contributed by atoms with van der Waals surface area (Å²) in [4.78, 5) is 23.1. The Labute approximate surface area is 139 Å². The molecule has 1 amide bonds. The number of nitrogens with one attached hydrogen (secondary N) is 1. The molecule has 8 nitrogen and oxygen atoms in total. The number of benzene rings is 1. The van der Waals surface area contributed by atoms with Gasteiger partial charge in [-0.1, -0.05) is 12.1 Å². The van der Waals surface area contributed by atoms with Crippen LogP contribution in [-0.2, 0) is 0 Å². The van der Waals surface area contributed by atoms with Crippen LogP contribution in [0.15, 0.2) is 18.2 Å². The number of aromatic nitrogens is 3. The molecular formula is C16H20N4O4. The lowest BCUT2D eigenvalue weighted by atomic mass is 10.1. The highest BCUT2D eigenvalue weighted by Gasteiger charge is 2.19. The van der Waals surface area contributed by atoms with Gasteiger partial charge in [0.2, 0.25) is 0 Å². The van der Waals surface area contributed by atoms with E-state index < -0.39 is 5.97 Å². The second-order valence-electron chi connectivity index (χ2n) is 5.13. The van der Waals surface area contributed by atoms with E-state index in [0.29, 0.717) is 35.8 Å². The highest BCUT2D eigenvalue weighted by Crippen LogP contribution is 2.26. The fraction of sp³-hybridized carbons (Fsp3) is 0.375. The Balaban J connectivity index is 2.48. The first-order valence-electron chi connectivity index (χ1n) is 7.70. The van der Waals surface area contributed by atoms with Gasteiger partial charge in [0.15, 0.2) is 5.69 Å². The summed E-state index contributed by atoms with van der Waals surface area (Å²) in [6, 6.07) is 4.93. The molecular weight excluding hydrogens is 312 g/mol. The first-order chi connectivity index (χ1) is 11.5. The van der Waals surface area contributed by atoms with Crippen LogP contribution in [0.4, 0.5) is 0 Å². The molecule has 2 N–H and O–H groups in total. The summed E-state index contributed by atoms with van der Waals surface area (Å²) in [5.74, 6) is -0.897. The van der Waals surface area contributed by atoms with Crippen LogP contribution in [-0.4, -0.2) is 45.1 Å². The van der Waals surface area contributed by atoms with Crippen molar-refractivity contribution in [2.75, 3.05) is 13.2 Å². The molecule has 0 bridgehead atoms. The number of rotatable bonds is 7. The van der Waals surface area contributed by atoms with E-state index in [4.69, 9.17) is 9.84 Å².